The van der Waals surface area contributed by atoms with Crippen LogP contribution in [0.2, 0.25) is 0 Å². The summed E-state index contributed by atoms with van der Waals surface area (Å²) in [6, 6.07) is -0.372. The molecule has 6 atom stereocenters. The van der Waals surface area contributed by atoms with Crippen molar-refractivity contribution in [3.8, 4) is 0 Å². The molecule has 1 saturated carbocycles. The second-order valence-corrected chi connectivity index (χ2v) is 3.80. The minimum atomic E-state index is -0.778. The second kappa shape index (κ2) is 1.83. The lowest BCUT2D eigenvalue weighted by molar-refractivity contribution is -0.252. The number of hydrogen-bond donors (Lipinski definition) is 3. The fourth-order valence-corrected chi connectivity index (χ4v) is 2.35. The van der Waals surface area contributed by atoms with E-state index in [0.717, 1.165) is 0 Å². The first-order valence-corrected chi connectivity index (χ1v) is 4.14. The first-order chi connectivity index (χ1) is 5.67. The van der Waals surface area contributed by atoms with E-state index in [-0.39, 0.29) is 18.1 Å². The fourth-order valence-electron chi connectivity index (χ4n) is 2.35. The van der Waals surface area contributed by atoms with Crippen LogP contribution in [-0.2, 0) is 4.74 Å². The van der Waals surface area contributed by atoms with Crippen molar-refractivity contribution in [3.63, 3.8) is 0 Å². The van der Waals surface area contributed by atoms with Gasteiger partial charge >= 0.3 is 5.79 Å². The summed E-state index contributed by atoms with van der Waals surface area (Å²) in [6.07, 6.45) is -1.44. The van der Waals surface area contributed by atoms with Crippen molar-refractivity contribution in [2.24, 2.45) is 11.7 Å². The predicted octanol–water partition coefficient (Wildman–Crippen LogP) is -2.70. The molecule has 1 spiro atoms. The molecule has 2 heterocycles. The molecule has 2 saturated heterocycles. The van der Waals surface area contributed by atoms with Gasteiger partial charge in [-0.1, -0.05) is 0 Å². The molecule has 0 radical (unpaired) electrons. The zero-order chi connectivity index (χ0) is 8.51. The molecule has 1 aliphatic carbocycles. The molecule has 3 fully saturated rings. The third kappa shape index (κ3) is 0.560. The molecule has 5 heteroatoms. The predicted molar refractivity (Wildman–Crippen MR) is 38.2 cm³/mol. The molecule has 68 valence electrons. The minimum absolute atomic E-state index is 0.131. The Kier molecular flexibility index (Phi) is 1.10. The first-order valence-electron chi connectivity index (χ1n) is 4.14. The molecule has 0 aromatic carbocycles. The molecule has 3 rings (SSSR count). The van der Waals surface area contributed by atoms with Crippen LogP contribution in [0.1, 0.15) is 0 Å². The van der Waals surface area contributed by atoms with Crippen LogP contribution < -0.4 is 5.73 Å². The van der Waals surface area contributed by atoms with E-state index in [1.165, 1.54) is 0 Å². The zero-order valence-corrected chi connectivity index (χ0v) is 6.42. The SMILES string of the molecule is N[C@@H]1C2COC3([OH+]2)C(O)C3C1O. The Morgan fingerprint density at radius 2 is 2.25 bits per heavy atom. The second-order valence-electron chi connectivity index (χ2n) is 3.80. The Labute approximate surface area is 69.1 Å². The molecule has 5 N–H and O–H groups in total. The summed E-state index contributed by atoms with van der Waals surface area (Å²) in [5.41, 5.74) is 5.70. The molecule has 5 nitrogen and oxygen atoms in total. The smallest absolute Gasteiger partial charge is 0.311 e. The van der Waals surface area contributed by atoms with Gasteiger partial charge < -0.3 is 20.7 Å². The largest absolute Gasteiger partial charge is 0.400 e. The number of hydrogen-bond acceptors (Lipinski definition) is 4. The van der Waals surface area contributed by atoms with E-state index in [1.807, 2.05) is 0 Å². The number of rotatable bonds is 0. The van der Waals surface area contributed by atoms with Crippen molar-refractivity contribution in [3.05, 3.63) is 0 Å². The third-order valence-corrected chi connectivity index (χ3v) is 3.19. The molecule has 2 aliphatic heterocycles. The number of nitrogens with two attached hydrogens (primary N) is 1. The Morgan fingerprint density at radius 1 is 1.50 bits per heavy atom. The van der Waals surface area contributed by atoms with Crippen LogP contribution in [0.4, 0.5) is 0 Å². The first kappa shape index (κ1) is 7.23. The summed E-state index contributed by atoms with van der Waals surface area (Å²) in [6.45, 7) is 0.436. The van der Waals surface area contributed by atoms with E-state index < -0.39 is 18.0 Å². The van der Waals surface area contributed by atoms with E-state index in [1.54, 1.807) is 0 Å². The van der Waals surface area contributed by atoms with E-state index in [4.69, 9.17) is 10.5 Å². The van der Waals surface area contributed by atoms with Crippen molar-refractivity contribution >= 4 is 0 Å². The van der Waals surface area contributed by atoms with E-state index in [2.05, 4.69) is 4.74 Å². The standard InChI is InChI=1S/C7H11NO4/c8-4-2-1-11-7(12-2)3(5(4)9)6(7)10/h2-6,9-10H,1,8H2/p+1/t2?,3?,4-,5?,6?,7?/m1/s1. The van der Waals surface area contributed by atoms with Gasteiger partial charge in [0.05, 0.1) is 6.10 Å². The number of ether oxygens (including phenoxy) is 2. The van der Waals surface area contributed by atoms with Crippen LogP contribution in [0.15, 0.2) is 0 Å². The van der Waals surface area contributed by atoms with Crippen molar-refractivity contribution in [2.75, 3.05) is 6.61 Å². The van der Waals surface area contributed by atoms with Gasteiger partial charge in [-0.05, 0) is 0 Å². The number of aliphatic hydroxyl groups is 4. The van der Waals surface area contributed by atoms with Gasteiger partial charge in [-0.15, -0.1) is 0 Å². The van der Waals surface area contributed by atoms with Crippen molar-refractivity contribution in [1.82, 2.24) is 0 Å². The molecule has 5 unspecified atom stereocenters. The molecule has 12 heavy (non-hydrogen) atoms. The zero-order valence-electron chi connectivity index (χ0n) is 6.42. The topological polar surface area (TPSA) is 88.5 Å². The average Bonchev–Trinajstić information content (AvgIpc) is 2.45. The summed E-state index contributed by atoms with van der Waals surface area (Å²) < 4.78 is 9.59. The van der Waals surface area contributed by atoms with Crippen LogP contribution in [0.3, 0.4) is 0 Å². The summed E-state index contributed by atoms with van der Waals surface area (Å²) in [7, 11) is 0. The lowest BCUT2D eigenvalue weighted by atomic mass is 10.0. The minimum Gasteiger partial charge on any atom is -0.400 e. The van der Waals surface area contributed by atoms with Gasteiger partial charge in [0.15, 0.2) is 12.2 Å². The summed E-state index contributed by atoms with van der Waals surface area (Å²) in [4.78, 5) is 0. The summed E-state index contributed by atoms with van der Waals surface area (Å²) >= 11 is 0. The van der Waals surface area contributed by atoms with Gasteiger partial charge in [0.2, 0.25) is 0 Å². The lowest BCUT2D eigenvalue weighted by Crippen LogP contribution is -2.52. The van der Waals surface area contributed by atoms with E-state index in [0.29, 0.717) is 6.61 Å². The Hall–Kier alpha value is -0.200. The highest BCUT2D eigenvalue weighted by atomic mass is 16.8. The van der Waals surface area contributed by atoms with Crippen LogP contribution in [0, 0.1) is 5.92 Å². The van der Waals surface area contributed by atoms with E-state index >= 15 is 0 Å². The Morgan fingerprint density at radius 3 is 3.00 bits per heavy atom. The van der Waals surface area contributed by atoms with Crippen LogP contribution in [0.25, 0.3) is 0 Å². The molecule has 0 aromatic rings. The number of fused-ring (bicyclic) bond motifs is 1. The van der Waals surface area contributed by atoms with Crippen molar-refractivity contribution < 1.29 is 19.7 Å². The quantitative estimate of drug-likeness (QED) is 0.349. The van der Waals surface area contributed by atoms with Gasteiger partial charge in [0.25, 0.3) is 0 Å². The highest BCUT2D eigenvalue weighted by Crippen LogP contribution is 2.56. The highest BCUT2D eigenvalue weighted by Gasteiger charge is 2.83. The maximum Gasteiger partial charge on any atom is 0.311 e. The lowest BCUT2D eigenvalue weighted by Gasteiger charge is -2.24. The van der Waals surface area contributed by atoms with E-state index in [9.17, 15) is 10.2 Å². The molecule has 0 aromatic heterocycles. The molecular weight excluding hydrogens is 162 g/mol. The van der Waals surface area contributed by atoms with Gasteiger partial charge in [0.1, 0.15) is 18.6 Å². The summed E-state index contributed by atoms with van der Waals surface area (Å²) in [5, 5.41) is 19.1. The fraction of sp³-hybridized carbons (Fsp3) is 1.00. The van der Waals surface area contributed by atoms with Gasteiger partial charge in [-0.25, -0.2) is 0 Å². The maximum atomic E-state index is 9.61. The molecular formula is C7H12NO4+. The van der Waals surface area contributed by atoms with Crippen LogP contribution in [-0.4, -0.2) is 51.7 Å². The Balaban J connectivity index is 1.97. The Bertz CT molecular complexity index is 235. The molecule has 2 bridgehead atoms. The third-order valence-electron chi connectivity index (χ3n) is 3.19. The van der Waals surface area contributed by atoms with Gasteiger partial charge in [0, 0.05) is 0 Å². The van der Waals surface area contributed by atoms with Crippen molar-refractivity contribution in [1.29, 1.82) is 0 Å². The monoisotopic (exact) mass is 174 g/mol. The maximum absolute atomic E-state index is 9.61. The highest BCUT2D eigenvalue weighted by molar-refractivity contribution is 5.19. The normalized spacial score (nSPS) is 67.8. The van der Waals surface area contributed by atoms with Crippen molar-refractivity contribution in [2.45, 2.75) is 30.1 Å². The molecule has 0 amide bonds. The van der Waals surface area contributed by atoms with Crippen LogP contribution >= 0.6 is 0 Å². The van der Waals surface area contributed by atoms with Gasteiger partial charge in [-0.3, -0.25) is 4.74 Å². The van der Waals surface area contributed by atoms with Gasteiger partial charge in [-0.2, -0.15) is 0 Å². The summed E-state index contributed by atoms with van der Waals surface area (Å²) in [5.74, 6) is -1.06. The van der Waals surface area contributed by atoms with Crippen LogP contribution in [0.5, 0.6) is 0 Å². The molecule has 3 aliphatic rings. The number of aliphatic hydroxyl groups excluding tert-OH is 2. The average molecular weight is 174 g/mol.